The first kappa shape index (κ1) is 39.3. The Kier molecular flexibility index (Phi) is 23.3. The minimum absolute atomic E-state index is 0.0823. The Hall–Kier alpha value is -1.77. The first-order chi connectivity index (χ1) is 20.8. The van der Waals surface area contributed by atoms with E-state index in [1.807, 2.05) is 6.08 Å². The predicted molar refractivity (Wildman–Crippen MR) is 169 cm³/mol. The summed E-state index contributed by atoms with van der Waals surface area (Å²) in [5.41, 5.74) is 0. The number of ketones is 1. The lowest BCUT2D eigenvalue weighted by molar-refractivity contribution is -0.152. The topological polar surface area (TPSA) is 130 Å². The fourth-order valence-electron chi connectivity index (χ4n) is 5.69. The van der Waals surface area contributed by atoms with E-state index in [9.17, 15) is 29.7 Å². The molecule has 0 heterocycles. The average Bonchev–Trinajstić information content (AvgIpc) is 3.25. The van der Waals surface area contributed by atoms with Gasteiger partial charge in [0.05, 0.1) is 12.2 Å². The van der Waals surface area contributed by atoms with Gasteiger partial charge in [-0.05, 0) is 25.7 Å². The zero-order valence-corrected chi connectivity index (χ0v) is 27.2. The van der Waals surface area contributed by atoms with Gasteiger partial charge in [0.2, 0.25) is 0 Å². The van der Waals surface area contributed by atoms with Crippen LogP contribution in [0.25, 0.3) is 0 Å². The van der Waals surface area contributed by atoms with Gasteiger partial charge in [0, 0.05) is 31.1 Å². The monoisotopic (exact) mass is 610 g/mol. The van der Waals surface area contributed by atoms with Crippen LogP contribution >= 0.6 is 0 Å². The SMILES string of the molecule is CCCCCCCCCCCC(=O)OC[C@H](O)COC(=O)CCCCCC[C@H]1C(=O)C[C@@H](O)[C@@H]1/C=C/[C@@H](O)CCCCC. The van der Waals surface area contributed by atoms with Crippen LogP contribution in [0.1, 0.15) is 149 Å². The van der Waals surface area contributed by atoms with Crippen LogP contribution < -0.4 is 0 Å². The van der Waals surface area contributed by atoms with Crippen molar-refractivity contribution in [3.05, 3.63) is 12.2 Å². The third-order valence-electron chi connectivity index (χ3n) is 8.40. The number of carbonyl (C=O) groups excluding carboxylic acids is 3. The summed E-state index contributed by atoms with van der Waals surface area (Å²) in [7, 11) is 0. The maximum absolute atomic E-state index is 12.4. The van der Waals surface area contributed by atoms with E-state index in [0.717, 1.165) is 57.8 Å². The smallest absolute Gasteiger partial charge is 0.305 e. The van der Waals surface area contributed by atoms with Crippen LogP contribution in [0.5, 0.6) is 0 Å². The molecule has 5 atom stereocenters. The summed E-state index contributed by atoms with van der Waals surface area (Å²) in [6, 6.07) is 0. The van der Waals surface area contributed by atoms with Crippen molar-refractivity contribution in [1.29, 1.82) is 0 Å². The van der Waals surface area contributed by atoms with Gasteiger partial charge >= 0.3 is 11.9 Å². The molecule has 0 aromatic heterocycles. The van der Waals surface area contributed by atoms with E-state index in [4.69, 9.17) is 9.47 Å². The van der Waals surface area contributed by atoms with Crippen LogP contribution in [0.3, 0.4) is 0 Å². The molecule has 8 heteroatoms. The molecule has 0 bridgehead atoms. The molecule has 1 aliphatic carbocycles. The summed E-state index contributed by atoms with van der Waals surface area (Å²) < 4.78 is 10.2. The second-order valence-electron chi connectivity index (χ2n) is 12.4. The molecule has 0 saturated heterocycles. The molecule has 0 radical (unpaired) electrons. The van der Waals surface area contributed by atoms with E-state index in [-0.39, 0.29) is 49.6 Å². The van der Waals surface area contributed by atoms with E-state index in [2.05, 4.69) is 13.8 Å². The molecule has 1 rings (SSSR count). The minimum atomic E-state index is -1.03. The average molecular weight is 611 g/mol. The first-order valence-electron chi connectivity index (χ1n) is 17.3. The minimum Gasteiger partial charge on any atom is -0.463 e. The second kappa shape index (κ2) is 25.5. The molecular weight excluding hydrogens is 548 g/mol. The fraction of sp³-hybridized carbons (Fsp3) is 0.857. The summed E-state index contributed by atoms with van der Waals surface area (Å²) in [5, 5.41) is 30.5. The molecule has 0 unspecified atom stereocenters. The highest BCUT2D eigenvalue weighted by Crippen LogP contribution is 2.34. The van der Waals surface area contributed by atoms with Crippen LogP contribution in [-0.4, -0.2) is 64.6 Å². The molecular formula is C35H62O8. The van der Waals surface area contributed by atoms with Crippen molar-refractivity contribution in [3.63, 3.8) is 0 Å². The lowest BCUT2D eigenvalue weighted by atomic mass is 9.88. The van der Waals surface area contributed by atoms with Crippen LogP contribution in [-0.2, 0) is 23.9 Å². The van der Waals surface area contributed by atoms with Gasteiger partial charge in [-0.1, -0.05) is 116 Å². The third kappa shape index (κ3) is 20.0. The Morgan fingerprint density at radius 3 is 1.81 bits per heavy atom. The van der Waals surface area contributed by atoms with Crippen molar-refractivity contribution >= 4 is 17.7 Å². The number of esters is 2. The number of aliphatic hydroxyl groups is 3. The summed E-state index contributed by atoms with van der Waals surface area (Å²) in [4.78, 5) is 36.3. The number of aliphatic hydroxyl groups excluding tert-OH is 3. The quantitative estimate of drug-likeness (QED) is 0.0528. The molecule has 43 heavy (non-hydrogen) atoms. The number of ether oxygens (including phenoxy) is 2. The number of hydrogen-bond acceptors (Lipinski definition) is 8. The number of carbonyl (C=O) groups is 3. The van der Waals surface area contributed by atoms with Crippen LogP contribution in [0.15, 0.2) is 12.2 Å². The Labute approximate surface area is 261 Å². The molecule has 8 nitrogen and oxygen atoms in total. The molecule has 1 aliphatic rings. The Morgan fingerprint density at radius 1 is 0.767 bits per heavy atom. The van der Waals surface area contributed by atoms with Gasteiger partial charge in [0.15, 0.2) is 0 Å². The van der Waals surface area contributed by atoms with Gasteiger partial charge in [0.1, 0.15) is 25.1 Å². The largest absolute Gasteiger partial charge is 0.463 e. The first-order valence-corrected chi connectivity index (χ1v) is 17.3. The highest BCUT2D eigenvalue weighted by atomic mass is 16.6. The maximum Gasteiger partial charge on any atom is 0.305 e. The van der Waals surface area contributed by atoms with Gasteiger partial charge in [0.25, 0.3) is 0 Å². The summed E-state index contributed by atoms with van der Waals surface area (Å²) >= 11 is 0. The standard InChI is InChI=1S/C35H62O8/c1-3-5-7-8-9-10-11-12-17-21-34(40)42-26-29(37)27-43-35(41)22-18-14-13-16-20-30-31(33(39)25-32(30)38)24-23-28(36)19-15-6-4-2/h23-24,28-31,33,36-37,39H,3-22,25-27H2,1-2H3/b24-23+/t28-,29-,30+,31+,33+/m0/s1. The van der Waals surface area contributed by atoms with Gasteiger partial charge in [-0.3, -0.25) is 14.4 Å². The second-order valence-corrected chi connectivity index (χ2v) is 12.4. The molecule has 1 fully saturated rings. The highest BCUT2D eigenvalue weighted by molar-refractivity contribution is 5.84. The van der Waals surface area contributed by atoms with Crippen molar-refractivity contribution in [2.75, 3.05) is 13.2 Å². The molecule has 0 spiro atoms. The lowest BCUT2D eigenvalue weighted by Gasteiger charge is -2.18. The summed E-state index contributed by atoms with van der Waals surface area (Å²) in [6.07, 6.45) is 20.3. The Morgan fingerprint density at radius 2 is 1.26 bits per heavy atom. The van der Waals surface area contributed by atoms with Crippen LogP contribution in [0.4, 0.5) is 0 Å². The Balaban J connectivity index is 2.09. The van der Waals surface area contributed by atoms with Crippen molar-refractivity contribution in [1.82, 2.24) is 0 Å². The highest BCUT2D eigenvalue weighted by Gasteiger charge is 2.39. The van der Waals surface area contributed by atoms with Gasteiger partial charge in [-0.2, -0.15) is 0 Å². The van der Waals surface area contributed by atoms with Gasteiger partial charge < -0.3 is 24.8 Å². The molecule has 0 aromatic carbocycles. The fourth-order valence-corrected chi connectivity index (χ4v) is 5.69. The van der Waals surface area contributed by atoms with Gasteiger partial charge in [-0.15, -0.1) is 0 Å². The molecule has 1 saturated carbocycles. The zero-order chi connectivity index (χ0) is 31.7. The van der Waals surface area contributed by atoms with Crippen molar-refractivity contribution in [2.45, 2.75) is 167 Å². The molecule has 0 aromatic rings. The van der Waals surface area contributed by atoms with E-state index in [1.165, 1.54) is 38.5 Å². The van der Waals surface area contributed by atoms with E-state index in [0.29, 0.717) is 25.7 Å². The molecule has 0 amide bonds. The van der Waals surface area contributed by atoms with E-state index in [1.54, 1.807) is 6.08 Å². The summed E-state index contributed by atoms with van der Waals surface area (Å²) in [6.45, 7) is 3.96. The normalized spacial score (nSPS) is 20.0. The molecule has 250 valence electrons. The number of rotatable bonds is 27. The van der Waals surface area contributed by atoms with E-state index >= 15 is 0 Å². The Bertz CT molecular complexity index is 767. The van der Waals surface area contributed by atoms with Crippen molar-refractivity contribution in [2.24, 2.45) is 11.8 Å². The number of Topliss-reactive ketones (excluding diaryl/α,β-unsaturated/α-hetero) is 1. The lowest BCUT2D eigenvalue weighted by Crippen LogP contribution is -2.25. The number of hydrogen-bond donors (Lipinski definition) is 3. The summed E-state index contributed by atoms with van der Waals surface area (Å²) in [5.74, 6) is -1.11. The van der Waals surface area contributed by atoms with Crippen LogP contribution in [0.2, 0.25) is 0 Å². The maximum atomic E-state index is 12.4. The van der Waals surface area contributed by atoms with Crippen molar-refractivity contribution < 1.29 is 39.2 Å². The zero-order valence-electron chi connectivity index (χ0n) is 27.2. The van der Waals surface area contributed by atoms with Crippen LogP contribution in [0, 0.1) is 11.8 Å². The number of unbranched alkanes of at least 4 members (excludes halogenated alkanes) is 13. The van der Waals surface area contributed by atoms with Crippen molar-refractivity contribution in [3.8, 4) is 0 Å². The molecule has 3 N–H and O–H groups in total. The van der Waals surface area contributed by atoms with E-state index < -0.39 is 24.3 Å². The van der Waals surface area contributed by atoms with Gasteiger partial charge in [-0.25, -0.2) is 0 Å². The third-order valence-corrected chi connectivity index (χ3v) is 8.40. The molecule has 0 aliphatic heterocycles. The predicted octanol–water partition coefficient (Wildman–Crippen LogP) is 6.76.